The van der Waals surface area contributed by atoms with Crippen molar-refractivity contribution >= 4 is 11.7 Å². The van der Waals surface area contributed by atoms with Gasteiger partial charge in [0.1, 0.15) is 5.75 Å². The molecule has 0 aliphatic rings. The number of hydrogen-bond acceptors (Lipinski definition) is 3. The van der Waals surface area contributed by atoms with E-state index in [0.717, 1.165) is 17.5 Å². The smallest absolute Gasteiger partial charge is 0.330 e. The summed E-state index contributed by atoms with van der Waals surface area (Å²) in [7, 11) is 1.58. The summed E-state index contributed by atoms with van der Waals surface area (Å²) in [6.45, 7) is 2.02. The molecule has 0 aromatic heterocycles. The topological polar surface area (TPSA) is 58.6 Å². The van der Waals surface area contributed by atoms with Gasteiger partial charge >= 0.3 is 5.97 Å². The summed E-state index contributed by atoms with van der Waals surface area (Å²) in [5.74, 6) is -0.216. The number of hydrogen-bond donors (Lipinski definition) is 2. The number of anilines is 1. The average Bonchev–Trinajstić information content (AvgIpc) is 2.52. The van der Waals surface area contributed by atoms with E-state index in [9.17, 15) is 9.90 Å². The first-order valence-electron chi connectivity index (χ1n) is 6.87. The number of methoxy groups -OCH3 is 1. The zero-order valence-electron chi connectivity index (χ0n) is 12.2. The van der Waals surface area contributed by atoms with Crippen LogP contribution in [0.25, 0.3) is 0 Å². The van der Waals surface area contributed by atoms with Gasteiger partial charge in [0.05, 0.1) is 7.11 Å². The fraction of sp³-hybridized carbons (Fsp3) is 0.235. The lowest BCUT2D eigenvalue weighted by Crippen LogP contribution is -2.21. The van der Waals surface area contributed by atoms with Gasteiger partial charge in [-0.2, -0.15) is 0 Å². The molecule has 0 spiro atoms. The quantitative estimate of drug-likeness (QED) is 0.853. The molecule has 4 nitrogen and oxygen atoms in total. The molecule has 21 heavy (non-hydrogen) atoms. The second-order valence-corrected chi connectivity index (χ2v) is 4.70. The summed E-state index contributed by atoms with van der Waals surface area (Å²) in [4.78, 5) is 11.6. The zero-order chi connectivity index (χ0) is 15.2. The number of aliphatic carboxylic acids is 1. The van der Waals surface area contributed by atoms with Crippen LogP contribution in [0.1, 0.15) is 24.1 Å². The second kappa shape index (κ2) is 6.79. The molecule has 2 aromatic carbocycles. The van der Waals surface area contributed by atoms with E-state index in [4.69, 9.17) is 4.74 Å². The Morgan fingerprint density at radius 2 is 2.00 bits per heavy atom. The lowest BCUT2D eigenvalue weighted by Gasteiger charge is -2.19. The summed E-state index contributed by atoms with van der Waals surface area (Å²) in [5, 5.41) is 12.6. The van der Waals surface area contributed by atoms with Gasteiger partial charge in [-0.05, 0) is 29.7 Å². The number of aryl methyl sites for hydroxylation is 1. The number of benzene rings is 2. The molecule has 0 aliphatic carbocycles. The standard InChI is InChI=1S/C17H19NO3/c1-3-12-7-4-5-10-15(12)16(17(19)20)18-13-8-6-9-14(11-13)21-2/h4-11,16,18H,3H2,1-2H3,(H,19,20). The van der Waals surface area contributed by atoms with E-state index in [1.54, 1.807) is 13.2 Å². The zero-order valence-corrected chi connectivity index (χ0v) is 12.2. The van der Waals surface area contributed by atoms with Crippen LogP contribution in [0.15, 0.2) is 48.5 Å². The van der Waals surface area contributed by atoms with E-state index in [0.29, 0.717) is 11.4 Å². The molecule has 0 saturated heterocycles. The first kappa shape index (κ1) is 14.9. The molecule has 2 rings (SSSR count). The Morgan fingerprint density at radius 1 is 1.24 bits per heavy atom. The van der Waals surface area contributed by atoms with Gasteiger partial charge in [-0.25, -0.2) is 4.79 Å². The lowest BCUT2D eigenvalue weighted by molar-refractivity contribution is -0.138. The Labute approximate surface area is 124 Å². The lowest BCUT2D eigenvalue weighted by atomic mass is 9.98. The van der Waals surface area contributed by atoms with Crippen LogP contribution in [-0.4, -0.2) is 18.2 Å². The van der Waals surface area contributed by atoms with E-state index < -0.39 is 12.0 Å². The van der Waals surface area contributed by atoms with Crippen molar-refractivity contribution < 1.29 is 14.6 Å². The normalized spacial score (nSPS) is 11.7. The Bertz CT molecular complexity index is 625. The molecule has 1 atom stereocenters. The van der Waals surface area contributed by atoms with Crippen molar-refractivity contribution in [1.82, 2.24) is 0 Å². The maximum atomic E-state index is 11.6. The van der Waals surface area contributed by atoms with Gasteiger partial charge in [-0.1, -0.05) is 37.3 Å². The van der Waals surface area contributed by atoms with Gasteiger partial charge in [0, 0.05) is 11.8 Å². The highest BCUT2D eigenvalue weighted by Gasteiger charge is 2.21. The van der Waals surface area contributed by atoms with E-state index >= 15 is 0 Å². The molecule has 0 heterocycles. The molecule has 1 unspecified atom stereocenters. The maximum absolute atomic E-state index is 11.6. The van der Waals surface area contributed by atoms with E-state index in [-0.39, 0.29) is 0 Å². The van der Waals surface area contributed by atoms with Gasteiger partial charge in [0.2, 0.25) is 0 Å². The van der Waals surface area contributed by atoms with E-state index in [1.807, 2.05) is 49.4 Å². The van der Waals surface area contributed by atoms with Crippen LogP contribution in [0.2, 0.25) is 0 Å². The molecular formula is C17H19NO3. The van der Waals surface area contributed by atoms with Gasteiger partial charge in [0.15, 0.2) is 6.04 Å². The molecule has 2 N–H and O–H groups in total. The van der Waals surface area contributed by atoms with Crippen LogP contribution in [-0.2, 0) is 11.2 Å². The first-order chi connectivity index (χ1) is 10.2. The number of ether oxygens (including phenoxy) is 1. The first-order valence-corrected chi connectivity index (χ1v) is 6.87. The van der Waals surface area contributed by atoms with Crippen LogP contribution in [0, 0.1) is 0 Å². The van der Waals surface area contributed by atoms with Crippen molar-refractivity contribution in [3.63, 3.8) is 0 Å². The molecule has 0 saturated carbocycles. The van der Waals surface area contributed by atoms with Crippen LogP contribution < -0.4 is 10.1 Å². The van der Waals surface area contributed by atoms with Gasteiger partial charge in [-0.15, -0.1) is 0 Å². The predicted octanol–water partition coefficient (Wildman–Crippen LogP) is 3.50. The third-order valence-corrected chi connectivity index (χ3v) is 3.37. The highest BCUT2D eigenvalue weighted by Crippen LogP contribution is 2.25. The molecular weight excluding hydrogens is 266 g/mol. The summed E-state index contributed by atoms with van der Waals surface area (Å²) in [5.41, 5.74) is 2.53. The van der Waals surface area contributed by atoms with Crippen molar-refractivity contribution in [1.29, 1.82) is 0 Å². The molecule has 0 amide bonds. The third kappa shape index (κ3) is 3.54. The second-order valence-electron chi connectivity index (χ2n) is 4.70. The monoisotopic (exact) mass is 285 g/mol. The number of rotatable bonds is 6. The fourth-order valence-electron chi connectivity index (χ4n) is 2.29. The summed E-state index contributed by atoms with van der Waals surface area (Å²) in [6, 6.07) is 14.1. The van der Waals surface area contributed by atoms with Crippen molar-refractivity contribution in [2.75, 3.05) is 12.4 Å². The SMILES string of the molecule is CCc1ccccc1C(Nc1cccc(OC)c1)C(=O)O. The molecule has 4 heteroatoms. The highest BCUT2D eigenvalue weighted by molar-refractivity contribution is 5.80. The summed E-state index contributed by atoms with van der Waals surface area (Å²) >= 11 is 0. The Balaban J connectivity index is 2.33. The Kier molecular flexibility index (Phi) is 4.82. The largest absolute Gasteiger partial charge is 0.497 e. The summed E-state index contributed by atoms with van der Waals surface area (Å²) in [6.07, 6.45) is 0.791. The minimum absolute atomic E-state index is 0.688. The highest BCUT2D eigenvalue weighted by atomic mass is 16.5. The van der Waals surface area contributed by atoms with Crippen LogP contribution in [0.5, 0.6) is 5.75 Å². The molecule has 0 bridgehead atoms. The Morgan fingerprint density at radius 3 is 2.67 bits per heavy atom. The minimum atomic E-state index is -0.904. The maximum Gasteiger partial charge on any atom is 0.330 e. The number of carboxylic acid groups (broad SMARTS) is 1. The number of carbonyl (C=O) groups is 1. The Hall–Kier alpha value is -2.49. The van der Waals surface area contributed by atoms with Crippen molar-refractivity contribution in [2.45, 2.75) is 19.4 Å². The van der Waals surface area contributed by atoms with Gasteiger partial charge in [-0.3, -0.25) is 0 Å². The predicted molar refractivity (Wildman–Crippen MR) is 82.8 cm³/mol. The molecule has 2 aromatic rings. The minimum Gasteiger partial charge on any atom is -0.497 e. The van der Waals surface area contributed by atoms with Crippen molar-refractivity contribution in [2.24, 2.45) is 0 Å². The summed E-state index contributed by atoms with van der Waals surface area (Å²) < 4.78 is 5.16. The molecule has 0 radical (unpaired) electrons. The van der Waals surface area contributed by atoms with Crippen LogP contribution in [0.3, 0.4) is 0 Å². The van der Waals surface area contributed by atoms with E-state index in [2.05, 4.69) is 5.32 Å². The average molecular weight is 285 g/mol. The number of carboxylic acids is 1. The van der Waals surface area contributed by atoms with Gasteiger partial charge in [0.25, 0.3) is 0 Å². The third-order valence-electron chi connectivity index (χ3n) is 3.37. The molecule has 0 aliphatic heterocycles. The molecule has 110 valence electrons. The van der Waals surface area contributed by atoms with Gasteiger partial charge < -0.3 is 15.2 Å². The van der Waals surface area contributed by atoms with E-state index in [1.165, 1.54) is 0 Å². The van der Waals surface area contributed by atoms with Crippen LogP contribution >= 0.6 is 0 Å². The number of nitrogens with one attached hydrogen (secondary N) is 1. The fourth-order valence-corrected chi connectivity index (χ4v) is 2.29. The van der Waals surface area contributed by atoms with Crippen molar-refractivity contribution in [3.05, 3.63) is 59.7 Å². The van der Waals surface area contributed by atoms with Crippen LogP contribution in [0.4, 0.5) is 5.69 Å². The van der Waals surface area contributed by atoms with Crippen molar-refractivity contribution in [3.8, 4) is 5.75 Å². The molecule has 0 fully saturated rings.